The van der Waals surface area contributed by atoms with E-state index in [-0.39, 0.29) is 17.6 Å². The molecule has 0 atom stereocenters. The molecular weight excluding hydrogens is 190 g/mol. The second-order valence-corrected chi connectivity index (χ2v) is 5.41. The quantitative estimate of drug-likeness (QED) is 0.478. The molecule has 0 amide bonds. The Balaban J connectivity index is 2.69. The topological polar surface area (TPSA) is 87.2 Å². The summed E-state index contributed by atoms with van der Waals surface area (Å²) < 4.78 is 24.5. The van der Waals surface area contributed by atoms with Crippen LogP contribution in [-0.2, 0) is 10.0 Å². The maximum atomic E-state index is 11.6. The van der Waals surface area contributed by atoms with Gasteiger partial charge in [-0.25, -0.2) is 8.42 Å². The lowest BCUT2D eigenvalue weighted by atomic mass is 10.6. The molecule has 6 heteroatoms. The number of amidine groups is 1. The third-order valence-corrected chi connectivity index (χ3v) is 4.43. The minimum absolute atomic E-state index is 0.0231. The molecule has 0 aliphatic heterocycles. The molecule has 76 valence electrons. The summed E-state index contributed by atoms with van der Waals surface area (Å²) in [6, 6.07) is 0. The van der Waals surface area contributed by atoms with Gasteiger partial charge < -0.3 is 5.73 Å². The zero-order valence-corrected chi connectivity index (χ0v) is 8.47. The zero-order chi connectivity index (χ0) is 10.1. The maximum Gasteiger partial charge on any atom is 0.217 e. The smallest absolute Gasteiger partial charge is 0.217 e. The summed E-state index contributed by atoms with van der Waals surface area (Å²) in [5, 5.41) is 6.83. The van der Waals surface area contributed by atoms with E-state index in [4.69, 9.17) is 11.1 Å². The molecule has 0 radical (unpaired) electrons. The van der Waals surface area contributed by atoms with Gasteiger partial charge in [0.2, 0.25) is 10.0 Å². The van der Waals surface area contributed by atoms with E-state index in [1.165, 1.54) is 4.31 Å². The highest BCUT2D eigenvalue weighted by atomic mass is 32.2. The summed E-state index contributed by atoms with van der Waals surface area (Å²) in [5.74, 6) is -0.105. The van der Waals surface area contributed by atoms with Gasteiger partial charge in [0.1, 0.15) is 5.84 Å². The molecule has 1 fully saturated rings. The average molecular weight is 205 g/mol. The van der Waals surface area contributed by atoms with Gasteiger partial charge >= 0.3 is 0 Å². The van der Waals surface area contributed by atoms with Gasteiger partial charge in [0, 0.05) is 6.54 Å². The molecule has 0 bridgehead atoms. The molecular formula is C7H15N3O2S. The second-order valence-electron chi connectivity index (χ2n) is 3.20. The van der Waals surface area contributed by atoms with Gasteiger partial charge in [-0.15, -0.1) is 0 Å². The summed E-state index contributed by atoms with van der Waals surface area (Å²) in [5.41, 5.74) is 5.16. The molecule has 3 N–H and O–H groups in total. The first-order chi connectivity index (χ1) is 5.98. The Morgan fingerprint density at radius 2 is 2.15 bits per heavy atom. The fraction of sp³-hybridized carbons (Fsp3) is 0.857. The SMILES string of the molecule is CCN(CC(=N)N)S(=O)(=O)C1CC1. The minimum Gasteiger partial charge on any atom is -0.387 e. The maximum absolute atomic E-state index is 11.6. The molecule has 0 saturated heterocycles. The summed E-state index contributed by atoms with van der Waals surface area (Å²) >= 11 is 0. The lowest BCUT2D eigenvalue weighted by Gasteiger charge is -2.19. The number of rotatable bonds is 5. The van der Waals surface area contributed by atoms with Crippen molar-refractivity contribution in [3.8, 4) is 0 Å². The van der Waals surface area contributed by atoms with Crippen LogP contribution in [0.2, 0.25) is 0 Å². The fourth-order valence-corrected chi connectivity index (χ4v) is 2.98. The number of nitrogens with zero attached hydrogens (tertiary/aromatic N) is 1. The summed E-state index contributed by atoms with van der Waals surface area (Å²) in [6.45, 7) is 2.16. The summed E-state index contributed by atoms with van der Waals surface area (Å²) in [6.07, 6.45) is 1.49. The van der Waals surface area contributed by atoms with Crippen LogP contribution in [0.15, 0.2) is 0 Å². The van der Waals surface area contributed by atoms with Crippen LogP contribution < -0.4 is 5.73 Å². The van der Waals surface area contributed by atoms with Gasteiger partial charge in [0.25, 0.3) is 0 Å². The first kappa shape index (κ1) is 10.5. The number of nitrogens with two attached hydrogens (primary N) is 1. The fourth-order valence-electron chi connectivity index (χ4n) is 1.15. The van der Waals surface area contributed by atoms with Crippen LogP contribution >= 0.6 is 0 Å². The molecule has 0 spiro atoms. The normalized spacial score (nSPS) is 17.7. The van der Waals surface area contributed by atoms with Gasteiger partial charge in [0.15, 0.2) is 0 Å². The Kier molecular flexibility index (Phi) is 2.92. The van der Waals surface area contributed by atoms with Crippen LogP contribution in [0.5, 0.6) is 0 Å². The van der Waals surface area contributed by atoms with Crippen LogP contribution in [0, 0.1) is 5.41 Å². The van der Waals surface area contributed by atoms with Crippen molar-refractivity contribution in [1.29, 1.82) is 5.41 Å². The number of hydrogen-bond donors (Lipinski definition) is 2. The zero-order valence-electron chi connectivity index (χ0n) is 7.66. The van der Waals surface area contributed by atoms with Gasteiger partial charge in [-0.3, -0.25) is 5.41 Å². The molecule has 1 rings (SSSR count). The van der Waals surface area contributed by atoms with Crippen molar-refractivity contribution in [3.05, 3.63) is 0 Å². The van der Waals surface area contributed by atoms with E-state index in [2.05, 4.69) is 0 Å². The van der Waals surface area contributed by atoms with Crippen molar-refractivity contribution >= 4 is 15.9 Å². The van der Waals surface area contributed by atoms with Gasteiger partial charge in [-0.1, -0.05) is 6.92 Å². The number of likely N-dealkylation sites (N-methyl/N-ethyl adjacent to an activating group) is 1. The molecule has 0 aromatic rings. The predicted octanol–water partition coefficient (Wildman–Crippen LogP) is -0.264. The molecule has 0 aromatic heterocycles. The van der Waals surface area contributed by atoms with Crippen molar-refractivity contribution in [2.45, 2.75) is 25.0 Å². The van der Waals surface area contributed by atoms with Crippen LogP contribution in [0.3, 0.4) is 0 Å². The highest BCUT2D eigenvalue weighted by molar-refractivity contribution is 7.90. The van der Waals surface area contributed by atoms with E-state index in [0.717, 1.165) is 12.8 Å². The molecule has 1 aliphatic carbocycles. The molecule has 1 aliphatic rings. The molecule has 0 aromatic carbocycles. The van der Waals surface area contributed by atoms with Gasteiger partial charge in [-0.05, 0) is 12.8 Å². The monoisotopic (exact) mass is 205 g/mol. The standard InChI is InChI=1S/C7H15N3O2S/c1-2-10(5-7(8)9)13(11,12)6-3-4-6/h6H,2-5H2,1H3,(H3,8,9). The summed E-state index contributed by atoms with van der Waals surface area (Å²) in [7, 11) is -3.16. The van der Waals surface area contributed by atoms with E-state index >= 15 is 0 Å². The first-order valence-corrected chi connectivity index (χ1v) is 5.80. The van der Waals surface area contributed by atoms with Crippen LogP contribution in [0.1, 0.15) is 19.8 Å². The van der Waals surface area contributed by atoms with E-state index in [9.17, 15) is 8.42 Å². The molecule has 1 saturated carbocycles. The third kappa shape index (κ3) is 2.41. The number of hydrogen-bond acceptors (Lipinski definition) is 3. The lowest BCUT2D eigenvalue weighted by Crippen LogP contribution is -2.39. The minimum atomic E-state index is -3.16. The second kappa shape index (κ2) is 3.63. The van der Waals surface area contributed by atoms with Crippen molar-refractivity contribution in [2.75, 3.05) is 13.1 Å². The predicted molar refractivity (Wildman–Crippen MR) is 51.1 cm³/mol. The van der Waals surface area contributed by atoms with E-state index in [1.54, 1.807) is 6.92 Å². The highest BCUT2D eigenvalue weighted by Crippen LogP contribution is 2.30. The number of nitrogens with one attached hydrogen (secondary N) is 1. The first-order valence-electron chi connectivity index (χ1n) is 4.30. The van der Waals surface area contributed by atoms with Crippen molar-refractivity contribution in [3.63, 3.8) is 0 Å². The van der Waals surface area contributed by atoms with Gasteiger partial charge in [-0.2, -0.15) is 4.31 Å². The average Bonchev–Trinajstić information content (AvgIpc) is 2.81. The van der Waals surface area contributed by atoms with E-state index in [0.29, 0.717) is 6.54 Å². The van der Waals surface area contributed by atoms with Crippen molar-refractivity contribution in [1.82, 2.24) is 4.31 Å². The molecule has 13 heavy (non-hydrogen) atoms. The van der Waals surface area contributed by atoms with Crippen LogP contribution in [0.25, 0.3) is 0 Å². The van der Waals surface area contributed by atoms with Crippen LogP contribution in [0.4, 0.5) is 0 Å². The Labute approximate surface area is 78.5 Å². The van der Waals surface area contributed by atoms with Crippen LogP contribution in [-0.4, -0.2) is 36.9 Å². The summed E-state index contributed by atoms with van der Waals surface area (Å²) in [4.78, 5) is 0. The van der Waals surface area contributed by atoms with Gasteiger partial charge in [0.05, 0.1) is 11.8 Å². The molecule has 5 nitrogen and oxygen atoms in total. The number of sulfonamides is 1. The Hall–Kier alpha value is -0.620. The molecule has 0 unspecified atom stereocenters. The Bertz CT molecular complexity index is 295. The van der Waals surface area contributed by atoms with E-state index in [1.807, 2.05) is 0 Å². The largest absolute Gasteiger partial charge is 0.387 e. The Morgan fingerprint density at radius 3 is 2.46 bits per heavy atom. The molecule has 0 heterocycles. The third-order valence-electron chi connectivity index (χ3n) is 2.00. The lowest BCUT2D eigenvalue weighted by molar-refractivity contribution is 0.465. The van der Waals surface area contributed by atoms with Crippen molar-refractivity contribution < 1.29 is 8.42 Å². The van der Waals surface area contributed by atoms with Crippen molar-refractivity contribution in [2.24, 2.45) is 5.73 Å². The highest BCUT2D eigenvalue weighted by Gasteiger charge is 2.39. The Morgan fingerprint density at radius 1 is 1.62 bits per heavy atom. The van der Waals surface area contributed by atoms with E-state index < -0.39 is 10.0 Å².